The van der Waals surface area contributed by atoms with E-state index in [1.807, 2.05) is 54.7 Å². The van der Waals surface area contributed by atoms with E-state index in [4.69, 9.17) is 11.6 Å². The fourth-order valence-electron chi connectivity index (χ4n) is 3.11. The molecule has 132 valence electrons. The molecule has 2 aromatic carbocycles. The van der Waals surface area contributed by atoms with Gasteiger partial charge in [-0.25, -0.2) is 4.98 Å². The molecule has 0 spiro atoms. The minimum absolute atomic E-state index is 0.673. The number of imidazole rings is 1. The summed E-state index contributed by atoms with van der Waals surface area (Å²) in [5, 5.41) is 12.5. The van der Waals surface area contributed by atoms with E-state index in [0.717, 1.165) is 44.7 Å². The zero-order valence-corrected chi connectivity index (χ0v) is 15.0. The number of fused-ring (bicyclic) bond motifs is 2. The standard InChI is InChI=1S/C20H15ClN6/c21-13-3-5-15-17(8-13)26-27-19(15)20-24-16-6-4-14(9-18(16)25-20)23-11-12-2-1-7-22-10-12/h1-10,23H,11H2,(H,24,25)(H,26,27). The SMILES string of the molecule is Clc1ccc2c(-c3nc4ccc(NCc5cccnc5)cc4[nH]3)n[nH]c2c1. The summed E-state index contributed by atoms with van der Waals surface area (Å²) >= 11 is 6.05. The van der Waals surface area contributed by atoms with Crippen molar-refractivity contribution >= 4 is 39.2 Å². The maximum Gasteiger partial charge on any atom is 0.159 e. The average molecular weight is 375 g/mol. The smallest absolute Gasteiger partial charge is 0.159 e. The minimum Gasteiger partial charge on any atom is -0.381 e. The van der Waals surface area contributed by atoms with Gasteiger partial charge < -0.3 is 10.3 Å². The average Bonchev–Trinajstić information content (AvgIpc) is 3.30. The van der Waals surface area contributed by atoms with Crippen LogP contribution < -0.4 is 5.32 Å². The number of nitrogens with one attached hydrogen (secondary N) is 3. The van der Waals surface area contributed by atoms with Crippen LogP contribution in [0.4, 0.5) is 5.69 Å². The molecule has 0 saturated carbocycles. The van der Waals surface area contributed by atoms with Crippen molar-refractivity contribution < 1.29 is 0 Å². The molecule has 0 aliphatic rings. The van der Waals surface area contributed by atoms with Gasteiger partial charge in [0.05, 0.1) is 16.6 Å². The lowest BCUT2D eigenvalue weighted by Crippen LogP contribution is -1.99. The van der Waals surface area contributed by atoms with Crippen LogP contribution in [0.3, 0.4) is 0 Å². The fourth-order valence-corrected chi connectivity index (χ4v) is 3.28. The molecule has 27 heavy (non-hydrogen) atoms. The first kappa shape index (κ1) is 15.8. The Bertz CT molecular complexity index is 1240. The molecule has 5 rings (SSSR count). The van der Waals surface area contributed by atoms with Crippen molar-refractivity contribution in [2.24, 2.45) is 0 Å². The number of anilines is 1. The van der Waals surface area contributed by atoms with Crippen LogP contribution in [-0.4, -0.2) is 25.1 Å². The van der Waals surface area contributed by atoms with Crippen molar-refractivity contribution in [1.82, 2.24) is 25.1 Å². The molecule has 3 N–H and O–H groups in total. The normalized spacial score (nSPS) is 11.3. The summed E-state index contributed by atoms with van der Waals surface area (Å²) in [5.74, 6) is 0.725. The molecule has 0 aliphatic heterocycles. The highest BCUT2D eigenvalue weighted by Crippen LogP contribution is 2.28. The van der Waals surface area contributed by atoms with Crippen molar-refractivity contribution in [3.8, 4) is 11.5 Å². The fraction of sp³-hybridized carbons (Fsp3) is 0.0500. The third kappa shape index (κ3) is 3.00. The van der Waals surface area contributed by atoms with Crippen LogP contribution in [-0.2, 0) is 6.54 Å². The third-order valence-corrected chi connectivity index (χ3v) is 4.69. The maximum absolute atomic E-state index is 6.05. The Labute approximate surface area is 159 Å². The Morgan fingerprint density at radius 2 is 2.00 bits per heavy atom. The van der Waals surface area contributed by atoms with Crippen molar-refractivity contribution in [2.75, 3.05) is 5.32 Å². The van der Waals surface area contributed by atoms with Crippen molar-refractivity contribution in [2.45, 2.75) is 6.54 Å². The Hall–Kier alpha value is -3.38. The molecule has 0 atom stereocenters. The van der Waals surface area contributed by atoms with Crippen LogP contribution in [0.2, 0.25) is 5.02 Å². The van der Waals surface area contributed by atoms with Crippen LogP contribution in [0.25, 0.3) is 33.5 Å². The molecule has 0 saturated heterocycles. The highest BCUT2D eigenvalue weighted by molar-refractivity contribution is 6.31. The summed E-state index contributed by atoms with van der Waals surface area (Å²) < 4.78 is 0. The van der Waals surface area contributed by atoms with Crippen molar-refractivity contribution in [1.29, 1.82) is 0 Å². The highest BCUT2D eigenvalue weighted by atomic mass is 35.5. The number of nitrogens with zero attached hydrogens (tertiary/aromatic N) is 3. The lowest BCUT2D eigenvalue weighted by molar-refractivity contribution is 1.10. The first-order chi connectivity index (χ1) is 13.3. The molecule has 0 amide bonds. The van der Waals surface area contributed by atoms with Gasteiger partial charge in [-0.3, -0.25) is 10.1 Å². The van der Waals surface area contributed by atoms with E-state index < -0.39 is 0 Å². The lowest BCUT2D eigenvalue weighted by Gasteiger charge is -2.05. The van der Waals surface area contributed by atoms with Crippen LogP contribution in [0.5, 0.6) is 0 Å². The highest BCUT2D eigenvalue weighted by Gasteiger charge is 2.13. The Kier molecular flexibility index (Phi) is 3.76. The number of aromatic nitrogens is 5. The van der Waals surface area contributed by atoms with Crippen LogP contribution >= 0.6 is 11.6 Å². The van der Waals surface area contributed by atoms with E-state index >= 15 is 0 Å². The molecule has 6 nitrogen and oxygen atoms in total. The number of H-pyrrole nitrogens is 2. The Morgan fingerprint density at radius 3 is 2.89 bits per heavy atom. The molecule has 5 aromatic rings. The van der Waals surface area contributed by atoms with Crippen LogP contribution in [0, 0.1) is 0 Å². The summed E-state index contributed by atoms with van der Waals surface area (Å²) in [5.41, 5.74) is 5.65. The molecular formula is C20H15ClN6. The second-order valence-corrected chi connectivity index (χ2v) is 6.73. The monoisotopic (exact) mass is 374 g/mol. The summed E-state index contributed by atoms with van der Waals surface area (Å²) in [6.07, 6.45) is 3.63. The molecule has 3 aromatic heterocycles. The van der Waals surface area contributed by atoms with Gasteiger partial charge in [-0.15, -0.1) is 0 Å². The molecule has 0 fully saturated rings. The zero-order valence-electron chi connectivity index (χ0n) is 14.2. The van der Waals surface area contributed by atoms with Gasteiger partial charge in [0.2, 0.25) is 0 Å². The second kappa shape index (κ2) is 6.41. The number of aromatic amines is 2. The summed E-state index contributed by atoms with van der Waals surface area (Å²) in [6.45, 7) is 0.713. The quantitative estimate of drug-likeness (QED) is 0.423. The number of halogens is 1. The number of benzene rings is 2. The van der Waals surface area contributed by atoms with Crippen molar-refractivity contribution in [3.05, 3.63) is 71.5 Å². The van der Waals surface area contributed by atoms with Gasteiger partial charge in [-0.2, -0.15) is 5.10 Å². The number of pyridine rings is 1. The third-order valence-electron chi connectivity index (χ3n) is 4.45. The molecule has 0 radical (unpaired) electrons. The molecule has 0 bridgehead atoms. The molecule has 3 heterocycles. The summed E-state index contributed by atoms with van der Waals surface area (Å²) in [7, 11) is 0. The molecule has 7 heteroatoms. The zero-order chi connectivity index (χ0) is 18.2. The van der Waals surface area contributed by atoms with Gasteiger partial charge in [0.1, 0.15) is 5.69 Å². The first-order valence-corrected chi connectivity index (χ1v) is 8.90. The van der Waals surface area contributed by atoms with E-state index in [1.165, 1.54) is 0 Å². The Balaban J connectivity index is 1.46. The Morgan fingerprint density at radius 1 is 1.04 bits per heavy atom. The van der Waals surface area contributed by atoms with E-state index in [-0.39, 0.29) is 0 Å². The topological polar surface area (TPSA) is 82.3 Å². The second-order valence-electron chi connectivity index (χ2n) is 6.29. The summed E-state index contributed by atoms with van der Waals surface area (Å²) in [6, 6.07) is 15.7. The molecule has 0 aliphatic carbocycles. The maximum atomic E-state index is 6.05. The minimum atomic E-state index is 0.673. The van der Waals surface area contributed by atoms with Crippen molar-refractivity contribution in [3.63, 3.8) is 0 Å². The van der Waals surface area contributed by atoms with Gasteiger partial charge >= 0.3 is 0 Å². The van der Waals surface area contributed by atoms with Gasteiger partial charge in [0.25, 0.3) is 0 Å². The van der Waals surface area contributed by atoms with Crippen LogP contribution in [0.15, 0.2) is 60.9 Å². The lowest BCUT2D eigenvalue weighted by atomic mass is 10.2. The predicted octanol–water partition coefficient (Wildman–Crippen LogP) is 4.77. The number of rotatable bonds is 4. The largest absolute Gasteiger partial charge is 0.381 e. The molecular weight excluding hydrogens is 360 g/mol. The van der Waals surface area contributed by atoms with E-state index in [1.54, 1.807) is 6.20 Å². The van der Waals surface area contributed by atoms with Crippen LogP contribution in [0.1, 0.15) is 5.56 Å². The summed E-state index contributed by atoms with van der Waals surface area (Å²) in [4.78, 5) is 12.2. The van der Waals surface area contributed by atoms with Gasteiger partial charge in [0, 0.05) is 35.0 Å². The van der Waals surface area contributed by atoms with Gasteiger partial charge in [-0.05, 0) is 48.0 Å². The van der Waals surface area contributed by atoms with Gasteiger partial charge in [0.15, 0.2) is 5.82 Å². The van der Waals surface area contributed by atoms with Gasteiger partial charge in [-0.1, -0.05) is 17.7 Å². The van der Waals surface area contributed by atoms with E-state index in [2.05, 4.69) is 30.5 Å². The number of hydrogen-bond acceptors (Lipinski definition) is 4. The van der Waals surface area contributed by atoms with E-state index in [9.17, 15) is 0 Å². The van der Waals surface area contributed by atoms with E-state index in [0.29, 0.717) is 11.6 Å². The predicted molar refractivity (Wildman–Crippen MR) is 108 cm³/mol. The molecule has 0 unspecified atom stereocenters. The number of hydrogen-bond donors (Lipinski definition) is 3. The first-order valence-electron chi connectivity index (χ1n) is 8.53.